The Balaban J connectivity index is -0.000000175. The highest BCUT2D eigenvalue weighted by Gasteiger charge is 1.98. The molecule has 0 rings (SSSR count). The summed E-state index contributed by atoms with van der Waals surface area (Å²) in [6.07, 6.45) is 0. The maximum atomic E-state index is 10.4. The first-order valence-electron chi connectivity index (χ1n) is 4.51. The van der Waals surface area contributed by atoms with E-state index >= 15 is 0 Å². The number of ether oxygens (including phenoxy) is 1. The zero-order valence-corrected chi connectivity index (χ0v) is 8.23. The van der Waals surface area contributed by atoms with E-state index < -0.39 is 0 Å². The number of carbonyl (C=O) groups is 1. The van der Waals surface area contributed by atoms with Crippen LogP contribution >= 0.6 is 0 Å². The van der Waals surface area contributed by atoms with Crippen molar-refractivity contribution in [1.29, 1.82) is 0 Å². The lowest BCUT2D eigenvalue weighted by Gasteiger charge is -1.96. The van der Waals surface area contributed by atoms with Crippen LogP contribution in [0.1, 0.15) is 36.5 Å². The summed E-state index contributed by atoms with van der Waals surface area (Å²) >= 11 is 0. The first-order valence-corrected chi connectivity index (χ1v) is 3.51. The van der Waals surface area contributed by atoms with E-state index in [2.05, 4.69) is 11.3 Å². The van der Waals surface area contributed by atoms with Gasteiger partial charge in [0.1, 0.15) is 0 Å². The van der Waals surface area contributed by atoms with Gasteiger partial charge in [0.15, 0.2) is 0 Å². The number of hydrogen-bond donors (Lipinski definition) is 0. The van der Waals surface area contributed by atoms with Gasteiger partial charge in [0.2, 0.25) is 0 Å². The Morgan fingerprint density at radius 1 is 1.64 bits per heavy atom. The molecule has 11 heavy (non-hydrogen) atoms. The van der Waals surface area contributed by atoms with Crippen molar-refractivity contribution >= 4 is 5.97 Å². The summed E-state index contributed by atoms with van der Waals surface area (Å²) in [7, 11) is 1.25. The number of esters is 1. The molecule has 0 atom stereocenters. The van der Waals surface area contributed by atoms with Crippen molar-refractivity contribution < 1.29 is 10.9 Å². The van der Waals surface area contributed by atoms with Crippen LogP contribution in [0, 0.1) is 0 Å². The molecule has 0 radical (unpaired) electrons. The van der Waals surface area contributed by atoms with Crippen LogP contribution in [-0.2, 0) is 9.53 Å². The molecule has 0 aliphatic rings. The zero-order valence-electron chi connectivity index (χ0n) is 9.23. The van der Waals surface area contributed by atoms with Crippen LogP contribution in [0.2, 0.25) is 0 Å². The molecule has 0 unspecified atom stereocenters. The predicted molar refractivity (Wildman–Crippen MR) is 49.5 cm³/mol. The third kappa shape index (κ3) is 12.4. The van der Waals surface area contributed by atoms with E-state index in [4.69, 9.17) is 1.37 Å². The molecule has 0 saturated heterocycles. The summed E-state index contributed by atoms with van der Waals surface area (Å²) in [6.45, 7) is 11.2. The van der Waals surface area contributed by atoms with Crippen LogP contribution in [0.5, 0.6) is 0 Å². The smallest absolute Gasteiger partial charge is 0.333 e. The zero-order chi connectivity index (χ0) is 10.6. The largest absolute Gasteiger partial charge is 0.463 e. The Morgan fingerprint density at radius 2 is 2.00 bits per heavy atom. The van der Waals surface area contributed by atoms with Crippen molar-refractivity contribution in [2.75, 3.05) is 6.61 Å². The molecule has 0 spiro atoms. The lowest BCUT2D eigenvalue weighted by Crippen LogP contribution is -2.03. The molecular weight excluding hydrogens is 140 g/mol. The molecule has 2 heteroatoms. The Hall–Kier alpha value is -0.790. The van der Waals surface area contributed by atoms with Gasteiger partial charge in [-0.25, -0.2) is 4.79 Å². The maximum absolute atomic E-state index is 10.4. The molecule has 0 aromatic rings. The molecule has 2 nitrogen and oxygen atoms in total. The van der Waals surface area contributed by atoms with Crippen LogP contribution in [0.4, 0.5) is 0 Å². The normalized spacial score (nSPS) is 7.18. The Kier molecular flexibility index (Phi) is 13.9. The SMILES string of the molecule is C=C(C)C(=O)OCC.CC.[2H]C. The molecule has 0 aromatic carbocycles. The van der Waals surface area contributed by atoms with Crippen LogP contribution in [0.25, 0.3) is 0 Å². The van der Waals surface area contributed by atoms with Crippen molar-refractivity contribution in [2.45, 2.75) is 35.1 Å². The van der Waals surface area contributed by atoms with Crippen molar-refractivity contribution in [3.63, 3.8) is 0 Å². The van der Waals surface area contributed by atoms with Gasteiger partial charge in [0.05, 0.1) is 6.61 Å². The van der Waals surface area contributed by atoms with Crippen molar-refractivity contribution in [1.82, 2.24) is 0 Å². The summed E-state index contributed by atoms with van der Waals surface area (Å²) in [5, 5.41) is 0. The highest BCUT2D eigenvalue weighted by Crippen LogP contribution is 1.89. The Labute approximate surface area is 71.7 Å². The van der Waals surface area contributed by atoms with Gasteiger partial charge >= 0.3 is 5.97 Å². The third-order valence-electron chi connectivity index (χ3n) is 0.624. The van der Waals surface area contributed by atoms with E-state index in [0.29, 0.717) is 12.2 Å². The first kappa shape index (κ1) is 12.8. The molecular formula is C9H20O2. The average molecular weight is 161 g/mol. The van der Waals surface area contributed by atoms with Gasteiger partial charge in [0.25, 0.3) is 0 Å². The molecule has 0 heterocycles. The van der Waals surface area contributed by atoms with E-state index in [9.17, 15) is 4.79 Å². The topological polar surface area (TPSA) is 26.3 Å². The van der Waals surface area contributed by atoms with Crippen molar-refractivity contribution in [3.05, 3.63) is 12.2 Å². The summed E-state index contributed by atoms with van der Waals surface area (Å²) in [5.74, 6) is -0.312. The van der Waals surface area contributed by atoms with Gasteiger partial charge in [-0.2, -0.15) is 0 Å². The summed E-state index contributed by atoms with van der Waals surface area (Å²) in [6, 6.07) is 0. The van der Waals surface area contributed by atoms with Crippen LogP contribution in [0.3, 0.4) is 0 Å². The van der Waals surface area contributed by atoms with E-state index in [1.807, 2.05) is 13.8 Å². The van der Waals surface area contributed by atoms with E-state index in [1.54, 1.807) is 13.8 Å². The highest BCUT2D eigenvalue weighted by atomic mass is 16.5. The molecule has 0 amide bonds. The predicted octanol–water partition coefficient (Wildman–Crippen LogP) is 2.79. The fourth-order valence-electron chi connectivity index (χ4n) is 0.254. The molecule has 68 valence electrons. The number of hydrogen-bond acceptors (Lipinski definition) is 2. The second kappa shape index (κ2) is 11.9. The standard InChI is InChI=1S/C6H10O2.C2H6.CH4/c1-4-8-6(7)5(2)3;1-2;/h2,4H2,1,3H3;1-2H3;1H4/i;;1D. The fourth-order valence-corrected chi connectivity index (χ4v) is 0.254. The van der Waals surface area contributed by atoms with E-state index in [0.717, 1.165) is 0 Å². The van der Waals surface area contributed by atoms with E-state index in [-0.39, 0.29) is 5.97 Å². The van der Waals surface area contributed by atoms with Gasteiger partial charge < -0.3 is 4.74 Å². The van der Waals surface area contributed by atoms with Gasteiger partial charge in [-0.3, -0.25) is 0 Å². The summed E-state index contributed by atoms with van der Waals surface area (Å²) in [4.78, 5) is 10.4. The molecule has 0 aliphatic carbocycles. The molecule has 0 fully saturated rings. The minimum Gasteiger partial charge on any atom is -0.463 e. The number of carbonyl (C=O) groups excluding carboxylic acids is 1. The molecule has 0 aromatic heterocycles. The lowest BCUT2D eigenvalue weighted by atomic mass is 10.4. The van der Waals surface area contributed by atoms with Crippen LogP contribution < -0.4 is 0 Å². The van der Waals surface area contributed by atoms with Gasteiger partial charge in [-0.15, -0.1) is 0 Å². The van der Waals surface area contributed by atoms with Crippen LogP contribution in [0.15, 0.2) is 12.2 Å². The Morgan fingerprint density at radius 3 is 2.09 bits per heavy atom. The molecule has 0 saturated carbocycles. The first-order chi connectivity index (χ1) is 5.68. The minimum absolute atomic E-state index is 0.312. The Bertz CT molecular complexity index is 111. The maximum Gasteiger partial charge on any atom is 0.333 e. The van der Waals surface area contributed by atoms with Crippen molar-refractivity contribution in [3.8, 4) is 0 Å². The van der Waals surface area contributed by atoms with Crippen LogP contribution in [-0.4, -0.2) is 12.6 Å². The minimum atomic E-state index is -0.312. The summed E-state index contributed by atoms with van der Waals surface area (Å²) in [5.41, 5.74) is 0.451. The summed E-state index contributed by atoms with van der Waals surface area (Å²) < 4.78 is 10.3. The van der Waals surface area contributed by atoms with Crippen molar-refractivity contribution in [2.24, 2.45) is 0 Å². The molecule has 0 N–H and O–H groups in total. The molecule has 0 aliphatic heterocycles. The molecule has 0 bridgehead atoms. The van der Waals surface area contributed by atoms with Gasteiger partial charge in [0, 0.05) is 6.94 Å². The second-order valence-electron chi connectivity index (χ2n) is 1.50. The lowest BCUT2D eigenvalue weighted by molar-refractivity contribution is -0.138. The number of rotatable bonds is 2. The highest BCUT2D eigenvalue weighted by molar-refractivity contribution is 5.86. The quantitative estimate of drug-likeness (QED) is 0.460. The third-order valence-corrected chi connectivity index (χ3v) is 0.624. The van der Waals surface area contributed by atoms with E-state index in [1.165, 1.54) is 7.40 Å². The fraction of sp³-hybridized carbons (Fsp3) is 0.667. The van der Waals surface area contributed by atoms with Gasteiger partial charge in [-0.05, 0) is 13.8 Å². The van der Waals surface area contributed by atoms with Gasteiger partial charge in [-0.1, -0.05) is 27.8 Å². The second-order valence-corrected chi connectivity index (χ2v) is 1.50. The average Bonchev–Trinajstić information content (AvgIpc) is 2.12. The monoisotopic (exact) mass is 161 g/mol.